The molecule has 6 nitrogen and oxygen atoms in total. The van der Waals surface area contributed by atoms with Gasteiger partial charge in [0, 0.05) is 43.1 Å². The molecule has 3 rings (SSSR count). The molecule has 2 aromatic rings. The molecule has 1 aliphatic rings. The van der Waals surface area contributed by atoms with Crippen molar-refractivity contribution in [1.82, 2.24) is 4.90 Å². The van der Waals surface area contributed by atoms with Gasteiger partial charge in [0.2, 0.25) is 11.8 Å². The quantitative estimate of drug-likeness (QED) is 0.777. The molecule has 1 unspecified atom stereocenters. The molecule has 0 spiro atoms. The van der Waals surface area contributed by atoms with Crippen molar-refractivity contribution in [2.75, 3.05) is 36.4 Å². The number of primary amides is 1. The molecule has 2 amide bonds. The molecule has 1 aliphatic heterocycles. The van der Waals surface area contributed by atoms with Gasteiger partial charge in [0.1, 0.15) is 0 Å². The lowest BCUT2D eigenvalue weighted by Gasteiger charge is -2.38. The van der Waals surface area contributed by atoms with Gasteiger partial charge >= 0.3 is 0 Å². The summed E-state index contributed by atoms with van der Waals surface area (Å²) in [5.41, 5.74) is 7.44. The maximum absolute atomic E-state index is 12.6. The Morgan fingerprint density at radius 2 is 1.64 bits per heavy atom. The van der Waals surface area contributed by atoms with Crippen molar-refractivity contribution in [3.8, 4) is 0 Å². The van der Waals surface area contributed by atoms with E-state index < -0.39 is 5.91 Å². The highest BCUT2D eigenvalue weighted by atomic mass is 35.5. The summed E-state index contributed by atoms with van der Waals surface area (Å²) in [5, 5.41) is 3.74. The zero-order chi connectivity index (χ0) is 20.3. The topological polar surface area (TPSA) is 78.7 Å². The van der Waals surface area contributed by atoms with Crippen molar-refractivity contribution in [3.63, 3.8) is 0 Å². The fourth-order valence-corrected chi connectivity index (χ4v) is 3.49. The monoisotopic (exact) mass is 420 g/mol. The van der Waals surface area contributed by atoms with Crippen LogP contribution in [-0.2, 0) is 4.79 Å². The van der Waals surface area contributed by atoms with Gasteiger partial charge in [0.05, 0.1) is 16.1 Å². The van der Waals surface area contributed by atoms with Gasteiger partial charge in [-0.25, -0.2) is 0 Å². The molecule has 1 fully saturated rings. The van der Waals surface area contributed by atoms with Crippen LogP contribution in [0.3, 0.4) is 0 Å². The molecular weight excluding hydrogens is 399 g/mol. The number of halogens is 2. The van der Waals surface area contributed by atoms with Gasteiger partial charge in [0.15, 0.2) is 0 Å². The van der Waals surface area contributed by atoms with E-state index in [-0.39, 0.29) is 11.9 Å². The van der Waals surface area contributed by atoms with Crippen LogP contribution in [0.4, 0.5) is 11.4 Å². The van der Waals surface area contributed by atoms with Crippen LogP contribution in [0.2, 0.25) is 10.0 Å². The molecule has 0 bridgehead atoms. The van der Waals surface area contributed by atoms with Crippen LogP contribution in [-0.4, -0.2) is 48.9 Å². The third kappa shape index (κ3) is 4.76. The van der Waals surface area contributed by atoms with Gasteiger partial charge < -0.3 is 16.0 Å². The number of hydrogen-bond acceptors (Lipinski definition) is 4. The number of carbonyl (C=O) groups excluding carboxylic acids is 2. The number of nitrogens with two attached hydrogens (primary N) is 1. The minimum atomic E-state index is -0.432. The number of rotatable bonds is 5. The summed E-state index contributed by atoms with van der Waals surface area (Å²) < 4.78 is 0. The second kappa shape index (κ2) is 8.82. The molecule has 0 aliphatic carbocycles. The van der Waals surface area contributed by atoms with E-state index in [0.717, 1.165) is 31.9 Å². The van der Waals surface area contributed by atoms with Crippen molar-refractivity contribution in [1.29, 1.82) is 0 Å². The van der Waals surface area contributed by atoms with E-state index >= 15 is 0 Å². The standard InChI is InChI=1S/C20H22Cl2N4O2/c1-13(20(28)24-15-4-7-17(21)18(22)12-15)25-8-10-26(11-9-25)16-5-2-14(3-6-16)19(23)27/h2-7,12-13H,8-11H2,1H3,(H2,23,27)(H,24,28). The van der Waals surface area contributed by atoms with E-state index in [0.29, 0.717) is 21.3 Å². The third-order valence-corrected chi connectivity index (χ3v) is 5.68. The van der Waals surface area contributed by atoms with Crippen molar-refractivity contribution in [3.05, 3.63) is 58.1 Å². The van der Waals surface area contributed by atoms with Gasteiger partial charge in [-0.05, 0) is 49.4 Å². The fraction of sp³-hybridized carbons (Fsp3) is 0.300. The lowest BCUT2D eigenvalue weighted by Crippen LogP contribution is -2.52. The van der Waals surface area contributed by atoms with Crippen LogP contribution in [0.15, 0.2) is 42.5 Å². The van der Waals surface area contributed by atoms with Crippen LogP contribution in [0.5, 0.6) is 0 Å². The number of nitrogens with zero attached hydrogens (tertiary/aromatic N) is 2. The van der Waals surface area contributed by atoms with Crippen molar-refractivity contribution in [2.24, 2.45) is 5.73 Å². The molecule has 2 aromatic carbocycles. The third-order valence-electron chi connectivity index (χ3n) is 4.95. The summed E-state index contributed by atoms with van der Waals surface area (Å²) in [7, 11) is 0. The lowest BCUT2D eigenvalue weighted by molar-refractivity contribution is -0.120. The Balaban J connectivity index is 1.55. The van der Waals surface area contributed by atoms with Crippen molar-refractivity contribution in [2.45, 2.75) is 13.0 Å². The first kappa shape index (κ1) is 20.5. The summed E-state index contributed by atoms with van der Waals surface area (Å²) in [6.45, 7) is 4.99. The first-order valence-corrected chi connectivity index (χ1v) is 9.75. The van der Waals surface area contributed by atoms with Crippen LogP contribution >= 0.6 is 23.2 Å². The minimum Gasteiger partial charge on any atom is -0.369 e. The molecule has 1 saturated heterocycles. The smallest absolute Gasteiger partial charge is 0.248 e. The molecule has 0 radical (unpaired) electrons. The average Bonchev–Trinajstić information content (AvgIpc) is 2.70. The van der Waals surface area contributed by atoms with Crippen molar-refractivity contribution < 1.29 is 9.59 Å². The van der Waals surface area contributed by atoms with Gasteiger partial charge in [-0.2, -0.15) is 0 Å². The average molecular weight is 421 g/mol. The summed E-state index contributed by atoms with van der Waals surface area (Å²) >= 11 is 11.9. The highest BCUT2D eigenvalue weighted by Crippen LogP contribution is 2.25. The number of amides is 2. The Morgan fingerprint density at radius 3 is 2.21 bits per heavy atom. The molecule has 1 heterocycles. The van der Waals surface area contributed by atoms with Gasteiger partial charge in [-0.15, -0.1) is 0 Å². The molecule has 148 valence electrons. The normalized spacial score (nSPS) is 15.9. The van der Waals surface area contributed by atoms with Crippen LogP contribution < -0.4 is 16.0 Å². The van der Waals surface area contributed by atoms with Gasteiger partial charge in [-0.3, -0.25) is 14.5 Å². The lowest BCUT2D eigenvalue weighted by atomic mass is 10.1. The Labute approximate surface area is 174 Å². The van der Waals surface area contributed by atoms with Gasteiger partial charge in [0.25, 0.3) is 0 Å². The van der Waals surface area contributed by atoms with E-state index in [9.17, 15) is 9.59 Å². The largest absolute Gasteiger partial charge is 0.369 e. The summed E-state index contributed by atoms with van der Waals surface area (Å²) in [6, 6.07) is 12.0. The number of hydrogen-bond donors (Lipinski definition) is 2. The zero-order valence-corrected chi connectivity index (χ0v) is 17.0. The highest BCUT2D eigenvalue weighted by Gasteiger charge is 2.26. The predicted molar refractivity (Wildman–Crippen MR) is 113 cm³/mol. The first-order chi connectivity index (χ1) is 13.3. The Kier molecular flexibility index (Phi) is 6.44. The highest BCUT2D eigenvalue weighted by molar-refractivity contribution is 6.42. The SMILES string of the molecule is CC(C(=O)Nc1ccc(Cl)c(Cl)c1)N1CCN(c2ccc(C(N)=O)cc2)CC1. The van der Waals surface area contributed by atoms with Crippen molar-refractivity contribution >= 4 is 46.4 Å². The second-order valence-corrected chi connectivity index (χ2v) is 7.54. The molecule has 0 saturated carbocycles. The molecule has 0 aromatic heterocycles. The number of piperazine rings is 1. The maximum atomic E-state index is 12.6. The summed E-state index contributed by atoms with van der Waals surface area (Å²) in [5.74, 6) is -0.518. The van der Waals surface area contributed by atoms with E-state index in [2.05, 4.69) is 15.1 Å². The fourth-order valence-electron chi connectivity index (χ4n) is 3.19. The van der Waals surface area contributed by atoms with Crippen LogP contribution in [0.1, 0.15) is 17.3 Å². The van der Waals surface area contributed by atoms with E-state index in [1.807, 2.05) is 19.1 Å². The Morgan fingerprint density at radius 1 is 1.00 bits per heavy atom. The number of anilines is 2. The Bertz CT molecular complexity index is 865. The second-order valence-electron chi connectivity index (χ2n) is 6.73. The summed E-state index contributed by atoms with van der Waals surface area (Å²) in [6.07, 6.45) is 0. The molecule has 8 heteroatoms. The van der Waals surface area contributed by atoms with Crippen LogP contribution in [0.25, 0.3) is 0 Å². The maximum Gasteiger partial charge on any atom is 0.248 e. The number of carbonyl (C=O) groups is 2. The predicted octanol–water partition coefficient (Wildman–Crippen LogP) is 3.24. The molecular formula is C20H22Cl2N4O2. The number of nitrogens with one attached hydrogen (secondary N) is 1. The van der Waals surface area contributed by atoms with E-state index in [4.69, 9.17) is 28.9 Å². The van der Waals surface area contributed by atoms with E-state index in [1.54, 1.807) is 30.3 Å². The van der Waals surface area contributed by atoms with E-state index in [1.165, 1.54) is 0 Å². The molecule has 3 N–H and O–H groups in total. The summed E-state index contributed by atoms with van der Waals surface area (Å²) in [4.78, 5) is 28.1. The molecule has 28 heavy (non-hydrogen) atoms. The zero-order valence-electron chi connectivity index (χ0n) is 15.5. The Hall–Kier alpha value is -2.28. The van der Waals surface area contributed by atoms with Crippen LogP contribution in [0, 0.1) is 0 Å². The van der Waals surface area contributed by atoms with Gasteiger partial charge in [-0.1, -0.05) is 23.2 Å². The first-order valence-electron chi connectivity index (χ1n) is 9.00. The molecule has 1 atom stereocenters. The minimum absolute atomic E-state index is 0.0855. The number of benzene rings is 2.